The number of ketones is 1. The quantitative estimate of drug-likeness (QED) is 0.354. The Morgan fingerprint density at radius 2 is 1.58 bits per heavy atom. The van der Waals surface area contributed by atoms with E-state index < -0.39 is 26.0 Å². The molecule has 0 radical (unpaired) electrons. The molecule has 3 rings (SSSR count). The van der Waals surface area contributed by atoms with Crippen molar-refractivity contribution in [3.8, 4) is 5.75 Å². The van der Waals surface area contributed by atoms with E-state index in [0.717, 1.165) is 12.8 Å². The van der Waals surface area contributed by atoms with Crippen LogP contribution in [0.3, 0.4) is 0 Å². The van der Waals surface area contributed by atoms with Crippen LogP contribution in [0.4, 0.5) is 5.69 Å². The van der Waals surface area contributed by atoms with Crippen molar-refractivity contribution in [2.24, 2.45) is 0 Å². The molecule has 0 aliphatic carbocycles. The molecule has 1 aliphatic heterocycles. The SMILES string of the molecule is CC(=O)c1ccc(S(=O)(=O)NCCC(=O)Nc2cc(S(=O)(=O)N3CCCC3)ccc2O)cc1. The Bertz CT molecular complexity index is 1250. The molecule has 0 aromatic heterocycles. The topological polar surface area (TPSA) is 150 Å². The molecule has 3 N–H and O–H groups in total. The minimum absolute atomic E-state index is 0.0489. The van der Waals surface area contributed by atoms with Crippen LogP contribution >= 0.6 is 0 Å². The number of amides is 1. The number of anilines is 1. The average Bonchev–Trinajstić information content (AvgIpc) is 3.31. The maximum Gasteiger partial charge on any atom is 0.243 e. The first-order chi connectivity index (χ1) is 15.5. The van der Waals surface area contributed by atoms with E-state index in [4.69, 9.17) is 0 Å². The average molecular weight is 496 g/mol. The highest BCUT2D eigenvalue weighted by Gasteiger charge is 2.28. The number of hydrogen-bond acceptors (Lipinski definition) is 7. The van der Waals surface area contributed by atoms with E-state index in [1.54, 1.807) is 0 Å². The number of nitrogens with zero attached hydrogens (tertiary/aromatic N) is 1. The normalized spacial score (nSPS) is 14.8. The van der Waals surface area contributed by atoms with E-state index in [0.29, 0.717) is 18.7 Å². The smallest absolute Gasteiger partial charge is 0.243 e. The number of benzene rings is 2. The molecule has 12 heteroatoms. The van der Waals surface area contributed by atoms with Gasteiger partial charge in [-0.25, -0.2) is 21.6 Å². The third-order valence-corrected chi connectivity index (χ3v) is 8.53. The Morgan fingerprint density at radius 1 is 0.970 bits per heavy atom. The van der Waals surface area contributed by atoms with Gasteiger partial charge in [-0.15, -0.1) is 0 Å². The van der Waals surface area contributed by atoms with Crippen molar-refractivity contribution in [1.82, 2.24) is 9.03 Å². The second-order valence-electron chi connectivity index (χ2n) is 7.57. The van der Waals surface area contributed by atoms with Gasteiger partial charge in [-0.2, -0.15) is 4.31 Å². The molecular formula is C21H25N3O7S2. The zero-order valence-corrected chi connectivity index (χ0v) is 19.6. The summed E-state index contributed by atoms with van der Waals surface area (Å²) in [4.78, 5) is 23.5. The van der Waals surface area contributed by atoms with E-state index in [2.05, 4.69) is 10.0 Å². The third kappa shape index (κ3) is 5.96. The van der Waals surface area contributed by atoms with Crippen LogP contribution in [0.25, 0.3) is 0 Å². The van der Waals surface area contributed by atoms with Crippen LogP contribution in [0, 0.1) is 0 Å². The fourth-order valence-electron chi connectivity index (χ4n) is 3.32. The first-order valence-corrected chi connectivity index (χ1v) is 13.2. The van der Waals surface area contributed by atoms with Gasteiger partial charge in [0.1, 0.15) is 5.75 Å². The highest BCUT2D eigenvalue weighted by Crippen LogP contribution is 2.29. The Balaban J connectivity index is 1.61. The zero-order chi connectivity index (χ0) is 24.2. The number of aromatic hydroxyl groups is 1. The van der Waals surface area contributed by atoms with Crippen LogP contribution in [0.2, 0.25) is 0 Å². The second kappa shape index (κ2) is 10.00. The summed E-state index contributed by atoms with van der Waals surface area (Å²) in [6.45, 7) is 1.98. The lowest BCUT2D eigenvalue weighted by molar-refractivity contribution is -0.116. The lowest BCUT2D eigenvalue weighted by Crippen LogP contribution is -2.28. The molecule has 1 heterocycles. The van der Waals surface area contributed by atoms with Crippen molar-refractivity contribution in [3.05, 3.63) is 48.0 Å². The summed E-state index contributed by atoms with van der Waals surface area (Å²) in [7, 11) is -7.62. The number of phenols is 1. The molecule has 0 spiro atoms. The molecule has 2 aromatic carbocycles. The van der Waals surface area contributed by atoms with Crippen LogP contribution in [-0.2, 0) is 24.8 Å². The van der Waals surface area contributed by atoms with Crippen molar-refractivity contribution in [2.75, 3.05) is 25.0 Å². The van der Waals surface area contributed by atoms with E-state index >= 15 is 0 Å². The molecule has 0 saturated carbocycles. The van der Waals surface area contributed by atoms with Crippen LogP contribution in [0.1, 0.15) is 36.5 Å². The first-order valence-electron chi connectivity index (χ1n) is 10.2. The molecule has 1 fully saturated rings. The second-order valence-corrected chi connectivity index (χ2v) is 11.3. The Morgan fingerprint density at radius 3 is 2.18 bits per heavy atom. The maximum absolute atomic E-state index is 12.7. The summed E-state index contributed by atoms with van der Waals surface area (Å²) >= 11 is 0. The number of nitrogens with one attached hydrogen (secondary N) is 2. The van der Waals surface area contributed by atoms with Crippen molar-refractivity contribution >= 4 is 37.4 Å². The molecule has 33 heavy (non-hydrogen) atoms. The number of hydrogen-bond donors (Lipinski definition) is 3. The fourth-order valence-corrected chi connectivity index (χ4v) is 5.89. The molecule has 1 saturated heterocycles. The predicted octanol–water partition coefficient (Wildman–Crippen LogP) is 1.69. The van der Waals surface area contributed by atoms with Gasteiger partial charge in [0.15, 0.2) is 5.78 Å². The van der Waals surface area contributed by atoms with Crippen LogP contribution in [0.5, 0.6) is 5.75 Å². The largest absolute Gasteiger partial charge is 0.506 e. The van der Waals surface area contributed by atoms with Crippen LogP contribution in [0.15, 0.2) is 52.3 Å². The summed E-state index contributed by atoms with van der Waals surface area (Å²) in [6.07, 6.45) is 1.29. The number of phenolic OH excluding ortho intramolecular Hbond substituents is 1. The standard InChI is InChI=1S/C21H25N3O7S2/c1-15(25)16-4-6-17(7-5-16)32(28,29)22-11-10-21(27)23-19-14-18(8-9-20(19)26)33(30,31)24-12-2-3-13-24/h4-9,14,22,26H,2-3,10-13H2,1H3,(H,23,27). The van der Waals surface area contributed by atoms with Crippen molar-refractivity contribution in [1.29, 1.82) is 0 Å². The van der Waals surface area contributed by atoms with Gasteiger partial charge < -0.3 is 10.4 Å². The maximum atomic E-state index is 12.7. The molecule has 0 bridgehead atoms. The van der Waals surface area contributed by atoms with Crippen LogP contribution in [-0.4, -0.2) is 57.6 Å². The summed E-state index contributed by atoms with van der Waals surface area (Å²) in [5.41, 5.74) is 0.296. The lowest BCUT2D eigenvalue weighted by atomic mass is 10.2. The minimum Gasteiger partial charge on any atom is -0.506 e. The molecule has 1 amide bonds. The number of carbonyl (C=O) groups is 2. The van der Waals surface area contributed by atoms with Gasteiger partial charge in [-0.1, -0.05) is 12.1 Å². The molecule has 10 nitrogen and oxygen atoms in total. The Labute approximate surface area is 192 Å². The number of Topliss-reactive ketones (excluding diaryl/α,β-unsaturated/α-hetero) is 1. The van der Waals surface area contributed by atoms with E-state index in [9.17, 15) is 31.5 Å². The minimum atomic E-state index is -3.89. The highest BCUT2D eigenvalue weighted by molar-refractivity contribution is 7.89. The number of rotatable bonds is 9. The third-order valence-electron chi connectivity index (χ3n) is 5.16. The Hall–Kier alpha value is -2.80. The summed E-state index contributed by atoms with van der Waals surface area (Å²) < 4.78 is 53.7. The van der Waals surface area contributed by atoms with Gasteiger partial charge in [0.2, 0.25) is 26.0 Å². The van der Waals surface area contributed by atoms with E-state index in [-0.39, 0.29) is 40.0 Å². The molecular weight excluding hydrogens is 470 g/mol. The van der Waals surface area contributed by atoms with Crippen molar-refractivity contribution in [3.63, 3.8) is 0 Å². The lowest BCUT2D eigenvalue weighted by Gasteiger charge is -2.16. The summed E-state index contributed by atoms with van der Waals surface area (Å²) in [5.74, 6) is -1.12. The van der Waals surface area contributed by atoms with Crippen molar-refractivity contribution in [2.45, 2.75) is 36.0 Å². The molecule has 2 aromatic rings. The van der Waals surface area contributed by atoms with Gasteiger partial charge in [-0.3, -0.25) is 9.59 Å². The van der Waals surface area contributed by atoms with Crippen molar-refractivity contribution < 1.29 is 31.5 Å². The molecule has 0 atom stereocenters. The van der Waals surface area contributed by atoms with Gasteiger partial charge in [0.05, 0.1) is 15.5 Å². The van der Waals surface area contributed by atoms with Gasteiger partial charge >= 0.3 is 0 Å². The number of sulfonamides is 2. The Kier molecular flexibility index (Phi) is 7.52. The predicted molar refractivity (Wildman–Crippen MR) is 121 cm³/mol. The van der Waals surface area contributed by atoms with E-state index in [1.165, 1.54) is 53.7 Å². The molecule has 0 unspecified atom stereocenters. The van der Waals surface area contributed by atoms with E-state index in [1.807, 2.05) is 0 Å². The monoisotopic (exact) mass is 495 g/mol. The highest BCUT2D eigenvalue weighted by atomic mass is 32.2. The molecule has 1 aliphatic rings. The fraction of sp³-hybridized carbons (Fsp3) is 0.333. The van der Waals surface area contributed by atoms with Gasteiger partial charge in [-0.05, 0) is 50.1 Å². The summed E-state index contributed by atoms with van der Waals surface area (Å²) in [5, 5.41) is 12.4. The zero-order valence-electron chi connectivity index (χ0n) is 17.9. The summed E-state index contributed by atoms with van der Waals surface area (Å²) in [6, 6.07) is 9.02. The first kappa shape index (κ1) is 24.8. The number of carbonyl (C=O) groups excluding carboxylic acids is 2. The van der Waals surface area contributed by atoms with Crippen LogP contribution < -0.4 is 10.0 Å². The molecule has 178 valence electrons. The van der Waals surface area contributed by atoms with Gasteiger partial charge in [0.25, 0.3) is 0 Å². The van der Waals surface area contributed by atoms with Gasteiger partial charge in [0, 0.05) is 31.6 Å².